The van der Waals surface area contributed by atoms with Crippen molar-refractivity contribution in [3.05, 3.63) is 64.7 Å². The monoisotopic (exact) mass is 375 g/mol. The Morgan fingerprint density at radius 1 is 0.963 bits per heavy atom. The van der Waals surface area contributed by atoms with Gasteiger partial charge in [0.25, 0.3) is 5.91 Å². The zero-order chi connectivity index (χ0) is 20.1. The molecule has 0 aromatic heterocycles. The molecule has 2 rings (SSSR count). The average molecular weight is 375 g/mol. The molecule has 0 aliphatic carbocycles. The van der Waals surface area contributed by atoms with Gasteiger partial charge in [-0.3, -0.25) is 4.79 Å². The van der Waals surface area contributed by atoms with Gasteiger partial charge in [-0.15, -0.1) is 0 Å². The van der Waals surface area contributed by atoms with E-state index in [4.69, 9.17) is 0 Å². The molecule has 1 amide bonds. The third-order valence-electron chi connectivity index (χ3n) is 4.76. The molecule has 0 fully saturated rings. The Balaban J connectivity index is 2.08. The topological polar surface area (TPSA) is 45.7 Å². The van der Waals surface area contributed by atoms with Crippen LogP contribution in [0.1, 0.15) is 69.2 Å². The van der Waals surface area contributed by atoms with Crippen molar-refractivity contribution < 1.29 is 18.9 Å². The summed E-state index contributed by atoms with van der Waals surface area (Å²) in [6, 6.07) is 9.79. The molecule has 1 atom stereocenters. The fourth-order valence-corrected chi connectivity index (χ4v) is 3.10. The lowest BCUT2D eigenvalue weighted by molar-refractivity contribution is -0.682. The van der Waals surface area contributed by atoms with Gasteiger partial charge in [0.1, 0.15) is 6.04 Å². The van der Waals surface area contributed by atoms with Crippen LogP contribution in [-0.2, 0) is 4.79 Å². The fraction of sp³-hybridized carbons (Fsp3) is 0.409. The minimum atomic E-state index is -0.871. The van der Waals surface area contributed by atoms with Crippen molar-refractivity contribution >= 4 is 11.6 Å². The van der Waals surface area contributed by atoms with Gasteiger partial charge in [-0.05, 0) is 48.1 Å². The van der Waals surface area contributed by atoms with Gasteiger partial charge in [0, 0.05) is 11.3 Å². The number of benzene rings is 2. The van der Waals surface area contributed by atoms with E-state index < -0.39 is 11.6 Å². The molecule has 0 unspecified atom stereocenters. The van der Waals surface area contributed by atoms with Gasteiger partial charge in [0.15, 0.2) is 18.2 Å². The number of carbonyl (C=O) groups is 1. The minimum Gasteiger partial charge on any atom is -0.333 e. The van der Waals surface area contributed by atoms with Gasteiger partial charge >= 0.3 is 0 Å². The van der Waals surface area contributed by atoms with Gasteiger partial charge in [-0.25, -0.2) is 8.78 Å². The van der Waals surface area contributed by atoms with Crippen LogP contribution in [0.4, 0.5) is 14.5 Å². The summed E-state index contributed by atoms with van der Waals surface area (Å²) in [5, 5.41) is 4.88. The number of nitrogens with two attached hydrogens (primary N) is 1. The molecule has 3 nitrogen and oxygen atoms in total. The molecule has 0 spiro atoms. The number of hydrogen-bond acceptors (Lipinski definition) is 1. The fourth-order valence-electron chi connectivity index (χ4n) is 3.10. The molecular formula is C22H29F2N2O+. The molecule has 0 bridgehead atoms. The first kappa shape index (κ1) is 21.0. The molecule has 146 valence electrons. The molecule has 0 aliphatic heterocycles. The van der Waals surface area contributed by atoms with Gasteiger partial charge < -0.3 is 10.6 Å². The highest BCUT2D eigenvalue weighted by Gasteiger charge is 2.18. The van der Waals surface area contributed by atoms with E-state index in [1.54, 1.807) is 6.07 Å². The second kappa shape index (κ2) is 9.09. The minimum absolute atomic E-state index is 0.112. The molecule has 2 aromatic rings. The highest BCUT2D eigenvalue weighted by atomic mass is 19.2. The van der Waals surface area contributed by atoms with Gasteiger partial charge in [-0.1, -0.05) is 45.9 Å². The van der Waals surface area contributed by atoms with Crippen LogP contribution < -0.4 is 10.6 Å². The molecule has 0 saturated heterocycles. The average Bonchev–Trinajstić information content (AvgIpc) is 2.61. The summed E-state index contributed by atoms with van der Waals surface area (Å²) in [6.45, 7) is 10.5. The van der Waals surface area contributed by atoms with Crippen LogP contribution in [0.5, 0.6) is 0 Å². The van der Waals surface area contributed by atoms with Crippen molar-refractivity contribution in [3.8, 4) is 0 Å². The molecule has 0 radical (unpaired) electrons. The number of quaternary nitrogens is 1. The second-order valence-corrected chi connectivity index (χ2v) is 7.57. The number of hydrogen-bond donors (Lipinski definition) is 2. The molecule has 5 heteroatoms. The molecule has 3 N–H and O–H groups in total. The van der Waals surface area contributed by atoms with Crippen LogP contribution in [0.3, 0.4) is 0 Å². The summed E-state index contributed by atoms with van der Waals surface area (Å²) in [5.74, 6) is -1.26. The summed E-state index contributed by atoms with van der Waals surface area (Å²) in [4.78, 5) is 12.5. The normalized spacial score (nSPS) is 12.5. The number of carbonyl (C=O) groups excluding carboxylic acids is 1. The maximum absolute atomic E-state index is 13.4. The Bertz CT molecular complexity index is 777. The first-order valence-electron chi connectivity index (χ1n) is 9.41. The van der Waals surface area contributed by atoms with E-state index in [2.05, 4.69) is 33.0 Å². The van der Waals surface area contributed by atoms with E-state index >= 15 is 0 Å². The zero-order valence-electron chi connectivity index (χ0n) is 16.6. The third-order valence-corrected chi connectivity index (χ3v) is 4.76. The van der Waals surface area contributed by atoms with E-state index in [1.165, 1.54) is 6.07 Å². The predicted molar refractivity (Wildman–Crippen MR) is 105 cm³/mol. The zero-order valence-corrected chi connectivity index (χ0v) is 16.6. The van der Waals surface area contributed by atoms with E-state index in [9.17, 15) is 13.6 Å². The van der Waals surface area contributed by atoms with Crippen LogP contribution in [-0.4, -0.2) is 12.5 Å². The van der Waals surface area contributed by atoms with Crippen LogP contribution in [0.15, 0.2) is 36.4 Å². The highest BCUT2D eigenvalue weighted by molar-refractivity contribution is 5.93. The van der Waals surface area contributed by atoms with Crippen LogP contribution >= 0.6 is 0 Å². The Morgan fingerprint density at radius 3 is 2.07 bits per heavy atom. The van der Waals surface area contributed by atoms with Crippen LogP contribution in [0.2, 0.25) is 0 Å². The van der Waals surface area contributed by atoms with Crippen molar-refractivity contribution in [2.45, 2.75) is 52.5 Å². The van der Waals surface area contributed by atoms with E-state index in [0.717, 1.165) is 22.9 Å². The number of amides is 1. The third kappa shape index (κ3) is 5.36. The first-order valence-corrected chi connectivity index (χ1v) is 9.41. The summed E-state index contributed by atoms with van der Waals surface area (Å²) < 4.78 is 26.5. The quantitative estimate of drug-likeness (QED) is 0.737. The molecule has 2 aromatic carbocycles. The summed E-state index contributed by atoms with van der Waals surface area (Å²) in [6.07, 6.45) is 0. The predicted octanol–water partition coefficient (Wildman–Crippen LogP) is 4.47. The molecule has 0 heterocycles. The van der Waals surface area contributed by atoms with Crippen molar-refractivity contribution in [1.82, 2.24) is 0 Å². The number of rotatable bonds is 7. The SMILES string of the molecule is CC(C)c1cccc(C(C)C)c1NC(=O)C[NH2+][C@@H](C)c1ccc(F)c(F)c1. The Labute approximate surface area is 160 Å². The lowest BCUT2D eigenvalue weighted by atomic mass is 9.92. The lowest BCUT2D eigenvalue weighted by Gasteiger charge is -2.20. The number of halogens is 2. The number of para-hydroxylation sites is 1. The Kier molecular flexibility index (Phi) is 7.08. The smallest absolute Gasteiger partial charge is 0.279 e. The first-order chi connectivity index (χ1) is 12.7. The van der Waals surface area contributed by atoms with Crippen molar-refractivity contribution in [2.75, 3.05) is 11.9 Å². The number of nitrogens with one attached hydrogen (secondary N) is 1. The highest BCUT2D eigenvalue weighted by Crippen LogP contribution is 2.32. The van der Waals surface area contributed by atoms with Gasteiger partial charge in [0.05, 0.1) is 0 Å². The van der Waals surface area contributed by atoms with Crippen LogP contribution in [0.25, 0.3) is 0 Å². The summed E-state index contributed by atoms with van der Waals surface area (Å²) in [5.41, 5.74) is 3.76. The molecule has 0 aliphatic rings. The summed E-state index contributed by atoms with van der Waals surface area (Å²) in [7, 11) is 0. The largest absolute Gasteiger partial charge is 0.333 e. The molecular weight excluding hydrogens is 346 g/mol. The van der Waals surface area contributed by atoms with E-state index in [0.29, 0.717) is 17.4 Å². The maximum atomic E-state index is 13.4. The molecule has 0 saturated carbocycles. The summed E-state index contributed by atoms with van der Waals surface area (Å²) >= 11 is 0. The van der Waals surface area contributed by atoms with E-state index in [-0.39, 0.29) is 18.5 Å². The molecule has 27 heavy (non-hydrogen) atoms. The number of anilines is 1. The van der Waals surface area contributed by atoms with Crippen molar-refractivity contribution in [3.63, 3.8) is 0 Å². The Morgan fingerprint density at radius 2 is 1.56 bits per heavy atom. The Hall–Kier alpha value is -2.27. The van der Waals surface area contributed by atoms with Gasteiger partial charge in [-0.2, -0.15) is 0 Å². The standard InChI is InChI=1S/C22H28F2N2O/c1-13(2)17-7-6-8-18(14(3)4)22(17)26-21(27)12-25-15(5)16-9-10-19(23)20(24)11-16/h6-11,13-15,25H,12H2,1-5H3,(H,26,27)/p+1/t15-/m0/s1. The maximum Gasteiger partial charge on any atom is 0.279 e. The second-order valence-electron chi connectivity index (χ2n) is 7.57. The van der Waals surface area contributed by atoms with Crippen molar-refractivity contribution in [1.29, 1.82) is 0 Å². The van der Waals surface area contributed by atoms with E-state index in [1.807, 2.05) is 30.4 Å². The van der Waals surface area contributed by atoms with Gasteiger partial charge in [0.2, 0.25) is 0 Å². The van der Waals surface area contributed by atoms with Crippen LogP contribution in [0, 0.1) is 11.6 Å². The lowest BCUT2D eigenvalue weighted by Crippen LogP contribution is -2.86. The van der Waals surface area contributed by atoms with Crippen molar-refractivity contribution in [2.24, 2.45) is 0 Å².